The van der Waals surface area contributed by atoms with Crippen molar-refractivity contribution in [2.45, 2.75) is 38.5 Å². The number of carbonyl (C=O) groups excluding carboxylic acids is 1. The van der Waals surface area contributed by atoms with E-state index in [0.29, 0.717) is 0 Å². The highest BCUT2D eigenvalue weighted by atomic mass is 32.1. The van der Waals surface area contributed by atoms with Crippen LogP contribution in [0.4, 0.5) is 10.7 Å². The van der Waals surface area contributed by atoms with E-state index < -0.39 is 0 Å². The molecule has 0 radical (unpaired) electrons. The van der Waals surface area contributed by atoms with Crippen LogP contribution in [0.1, 0.15) is 52.0 Å². The number of aliphatic imine (C=N–C) groups is 1. The summed E-state index contributed by atoms with van der Waals surface area (Å²) in [4.78, 5) is 19.3. The Labute approximate surface area is 181 Å². The number of fused-ring (bicyclic) bond motifs is 1. The van der Waals surface area contributed by atoms with Gasteiger partial charge in [-0.05, 0) is 61.1 Å². The number of aryl methyl sites for hydroxylation is 1. The molecule has 1 N–H and O–H groups in total. The summed E-state index contributed by atoms with van der Waals surface area (Å²) in [5, 5.41) is 3.85. The molecule has 1 heterocycles. The van der Waals surface area contributed by atoms with Crippen LogP contribution in [0.5, 0.6) is 5.75 Å². The summed E-state index contributed by atoms with van der Waals surface area (Å²) < 4.78 is 5.31. The van der Waals surface area contributed by atoms with Gasteiger partial charge in [0.25, 0.3) is 5.91 Å². The molecule has 2 aromatic carbocycles. The lowest BCUT2D eigenvalue weighted by Crippen LogP contribution is -2.14. The van der Waals surface area contributed by atoms with E-state index in [2.05, 4.69) is 5.32 Å². The topological polar surface area (TPSA) is 50.7 Å². The zero-order chi connectivity index (χ0) is 20.8. The minimum Gasteiger partial charge on any atom is -0.497 e. The number of nitrogens with zero attached hydrogens (tertiary/aromatic N) is 1. The number of thiophene rings is 1. The standard InChI is InChI=1S/C25H26N2O2S/c1-29-20-13-9-10-18(16-20)17-26-25-23(24(28)27-19-11-5-4-6-12-19)21-14-7-2-3-8-15-22(21)30-25/h4-6,9-13,16-17H,2-3,7-8,14-15H2,1H3,(H,27,28). The Kier molecular flexibility index (Phi) is 6.60. The maximum Gasteiger partial charge on any atom is 0.259 e. The zero-order valence-corrected chi connectivity index (χ0v) is 18.0. The minimum atomic E-state index is -0.0722. The number of para-hydroxylation sites is 1. The lowest BCUT2D eigenvalue weighted by molar-refractivity contribution is 0.102. The van der Waals surface area contributed by atoms with Gasteiger partial charge in [0.05, 0.1) is 12.7 Å². The molecule has 30 heavy (non-hydrogen) atoms. The molecule has 0 aliphatic heterocycles. The molecule has 1 aliphatic carbocycles. The highest BCUT2D eigenvalue weighted by Gasteiger charge is 2.24. The van der Waals surface area contributed by atoms with Gasteiger partial charge < -0.3 is 10.1 Å². The largest absolute Gasteiger partial charge is 0.497 e. The average Bonchev–Trinajstić information content (AvgIpc) is 3.09. The molecule has 5 heteroatoms. The molecule has 1 amide bonds. The van der Waals surface area contributed by atoms with E-state index in [1.807, 2.05) is 60.8 Å². The third-order valence-electron chi connectivity index (χ3n) is 5.34. The third kappa shape index (κ3) is 4.79. The number of hydrogen-bond donors (Lipinski definition) is 1. The second-order valence-electron chi connectivity index (χ2n) is 7.45. The van der Waals surface area contributed by atoms with Gasteiger partial charge >= 0.3 is 0 Å². The van der Waals surface area contributed by atoms with Crippen molar-refractivity contribution in [1.29, 1.82) is 0 Å². The number of carbonyl (C=O) groups is 1. The normalized spacial score (nSPS) is 14.0. The van der Waals surface area contributed by atoms with Crippen LogP contribution in [0.25, 0.3) is 0 Å². The molecule has 0 spiro atoms. The summed E-state index contributed by atoms with van der Waals surface area (Å²) >= 11 is 1.66. The first-order chi connectivity index (χ1) is 14.7. The summed E-state index contributed by atoms with van der Waals surface area (Å²) in [6.45, 7) is 0. The Balaban J connectivity index is 1.70. The van der Waals surface area contributed by atoms with Crippen LogP contribution < -0.4 is 10.1 Å². The first kappa shape index (κ1) is 20.4. The molecule has 0 saturated heterocycles. The molecule has 4 rings (SSSR count). The molecule has 4 nitrogen and oxygen atoms in total. The summed E-state index contributed by atoms with van der Waals surface area (Å²) in [5.74, 6) is 0.719. The molecule has 0 bridgehead atoms. The van der Waals surface area contributed by atoms with Crippen molar-refractivity contribution in [1.82, 2.24) is 0 Å². The van der Waals surface area contributed by atoms with Gasteiger partial charge in [-0.1, -0.05) is 43.2 Å². The molecular weight excluding hydrogens is 392 g/mol. The summed E-state index contributed by atoms with van der Waals surface area (Å²) in [6, 6.07) is 17.4. The van der Waals surface area contributed by atoms with Crippen molar-refractivity contribution in [3.05, 3.63) is 76.2 Å². The molecule has 0 saturated carbocycles. The second-order valence-corrected chi connectivity index (χ2v) is 8.54. The number of methoxy groups -OCH3 is 1. The number of amides is 1. The monoisotopic (exact) mass is 418 g/mol. The van der Waals surface area contributed by atoms with E-state index in [1.165, 1.54) is 29.7 Å². The fourth-order valence-electron chi connectivity index (χ4n) is 3.80. The lowest BCUT2D eigenvalue weighted by Gasteiger charge is -2.12. The highest BCUT2D eigenvalue weighted by Crippen LogP contribution is 2.39. The first-order valence-corrected chi connectivity index (χ1v) is 11.3. The Hall–Kier alpha value is -2.92. The smallest absolute Gasteiger partial charge is 0.259 e. The molecule has 0 fully saturated rings. The minimum absolute atomic E-state index is 0.0722. The predicted molar refractivity (Wildman–Crippen MR) is 125 cm³/mol. The van der Waals surface area contributed by atoms with Crippen molar-refractivity contribution in [3.8, 4) is 5.75 Å². The number of nitrogens with one attached hydrogen (secondary N) is 1. The van der Waals surface area contributed by atoms with Gasteiger partial charge in [-0.25, -0.2) is 4.99 Å². The fourth-order valence-corrected chi connectivity index (χ4v) is 5.03. The maximum absolute atomic E-state index is 13.3. The van der Waals surface area contributed by atoms with Crippen molar-refractivity contribution in [2.75, 3.05) is 12.4 Å². The molecule has 1 aliphatic rings. The number of rotatable bonds is 5. The van der Waals surface area contributed by atoms with E-state index in [0.717, 1.165) is 46.8 Å². The van der Waals surface area contributed by atoms with Gasteiger partial charge in [0.1, 0.15) is 10.8 Å². The van der Waals surface area contributed by atoms with Crippen LogP contribution >= 0.6 is 11.3 Å². The number of anilines is 1. The van der Waals surface area contributed by atoms with Crippen LogP contribution in [0.3, 0.4) is 0 Å². The molecule has 1 aromatic heterocycles. The van der Waals surface area contributed by atoms with Gasteiger partial charge in [-0.15, -0.1) is 11.3 Å². The highest BCUT2D eigenvalue weighted by molar-refractivity contribution is 7.16. The Morgan fingerprint density at radius 2 is 1.83 bits per heavy atom. The van der Waals surface area contributed by atoms with Crippen LogP contribution in [-0.4, -0.2) is 19.2 Å². The SMILES string of the molecule is COc1cccc(C=Nc2sc3c(c2C(=O)Nc2ccccc2)CCCCCC3)c1. The van der Waals surface area contributed by atoms with Crippen LogP contribution in [0, 0.1) is 0 Å². The van der Waals surface area contributed by atoms with Gasteiger partial charge in [0.15, 0.2) is 0 Å². The maximum atomic E-state index is 13.3. The molecule has 154 valence electrons. The Bertz CT molecular complexity index is 1040. The fraction of sp³-hybridized carbons (Fsp3) is 0.280. The van der Waals surface area contributed by atoms with Crippen molar-refractivity contribution in [3.63, 3.8) is 0 Å². The first-order valence-electron chi connectivity index (χ1n) is 10.4. The predicted octanol–water partition coefficient (Wildman–Crippen LogP) is 6.42. The van der Waals surface area contributed by atoms with E-state index in [4.69, 9.17) is 9.73 Å². The summed E-state index contributed by atoms with van der Waals surface area (Å²) in [5.41, 5.74) is 3.67. The van der Waals surface area contributed by atoms with Crippen molar-refractivity contribution >= 4 is 34.1 Å². The average molecular weight is 419 g/mol. The summed E-state index contributed by atoms with van der Waals surface area (Å²) in [6.07, 6.45) is 8.56. The van der Waals surface area contributed by atoms with E-state index in [-0.39, 0.29) is 5.91 Å². The molecular formula is C25H26N2O2S. The number of ether oxygens (including phenoxy) is 1. The zero-order valence-electron chi connectivity index (χ0n) is 17.2. The van der Waals surface area contributed by atoms with E-state index >= 15 is 0 Å². The van der Waals surface area contributed by atoms with Crippen LogP contribution in [0.15, 0.2) is 59.6 Å². The quantitative estimate of drug-likeness (QED) is 0.486. The van der Waals surface area contributed by atoms with Gasteiger partial charge in [-0.2, -0.15) is 0 Å². The second kappa shape index (κ2) is 9.72. The third-order valence-corrected chi connectivity index (χ3v) is 6.54. The number of benzene rings is 2. The van der Waals surface area contributed by atoms with Crippen molar-refractivity contribution < 1.29 is 9.53 Å². The van der Waals surface area contributed by atoms with Gasteiger partial charge in [0.2, 0.25) is 0 Å². The van der Waals surface area contributed by atoms with Crippen molar-refractivity contribution in [2.24, 2.45) is 4.99 Å². The van der Waals surface area contributed by atoms with E-state index in [1.54, 1.807) is 18.4 Å². The van der Waals surface area contributed by atoms with E-state index in [9.17, 15) is 4.79 Å². The van der Waals surface area contributed by atoms with Gasteiger partial charge in [-0.3, -0.25) is 4.79 Å². The molecule has 0 atom stereocenters. The Morgan fingerprint density at radius 1 is 1.03 bits per heavy atom. The number of hydrogen-bond acceptors (Lipinski definition) is 4. The van der Waals surface area contributed by atoms with Crippen LogP contribution in [0.2, 0.25) is 0 Å². The van der Waals surface area contributed by atoms with Gasteiger partial charge in [0, 0.05) is 16.8 Å². The molecule has 0 unspecified atom stereocenters. The summed E-state index contributed by atoms with van der Waals surface area (Å²) in [7, 11) is 1.65. The molecule has 3 aromatic rings. The van der Waals surface area contributed by atoms with Crippen LogP contribution in [-0.2, 0) is 12.8 Å². The lowest BCUT2D eigenvalue weighted by atomic mass is 9.96. The Morgan fingerprint density at radius 3 is 2.63 bits per heavy atom.